The molecule has 0 aromatic heterocycles. The van der Waals surface area contributed by atoms with Gasteiger partial charge in [-0.05, 0) is 69.9 Å². The summed E-state index contributed by atoms with van der Waals surface area (Å²) in [6.07, 6.45) is 3.83. The summed E-state index contributed by atoms with van der Waals surface area (Å²) in [4.78, 5) is 16.7. The van der Waals surface area contributed by atoms with Crippen LogP contribution in [-0.4, -0.2) is 68.6 Å². The third-order valence-electron chi connectivity index (χ3n) is 5.75. The minimum atomic E-state index is 0.107. The van der Waals surface area contributed by atoms with Crippen molar-refractivity contribution in [1.29, 1.82) is 0 Å². The topological polar surface area (TPSA) is 42.0 Å². The molecule has 0 saturated carbocycles. The highest BCUT2D eigenvalue weighted by atomic mass is 16.5. The molecule has 0 N–H and O–H groups in total. The lowest BCUT2D eigenvalue weighted by molar-refractivity contribution is 0.0334. The number of carbonyl (C=O) groups excluding carboxylic acids is 1. The molecule has 0 atom stereocenters. The van der Waals surface area contributed by atoms with Gasteiger partial charge in [-0.3, -0.25) is 14.6 Å². The fourth-order valence-corrected chi connectivity index (χ4v) is 3.99. The quantitative estimate of drug-likeness (QED) is 0.700. The van der Waals surface area contributed by atoms with Crippen LogP contribution in [0.4, 0.5) is 0 Å². The Morgan fingerprint density at radius 3 is 2.54 bits per heavy atom. The first-order valence-electron chi connectivity index (χ1n) is 9.86. The molecule has 26 heavy (non-hydrogen) atoms. The second kappa shape index (κ2) is 9.49. The maximum absolute atomic E-state index is 11.7. The first-order chi connectivity index (χ1) is 12.7. The van der Waals surface area contributed by atoms with Crippen LogP contribution in [0.2, 0.25) is 0 Å². The summed E-state index contributed by atoms with van der Waals surface area (Å²) in [5.41, 5.74) is 1.88. The van der Waals surface area contributed by atoms with E-state index in [9.17, 15) is 4.79 Å². The Bertz CT molecular complexity index is 591. The highest BCUT2D eigenvalue weighted by molar-refractivity contribution is 5.94. The standard InChI is InChI=1S/C21H32N2O3/c1-17(24)19-3-4-21(25-2)20(15-19)16-23-9-6-18(7-10-23)5-8-22-11-13-26-14-12-22/h3-4,15,18H,5-14,16H2,1-2H3. The Hall–Kier alpha value is -1.43. The number of carbonyl (C=O) groups is 1. The number of morpholine rings is 1. The number of hydrogen-bond donors (Lipinski definition) is 0. The number of Topliss-reactive ketones (excluding diaryl/α,β-unsaturated/α-hetero) is 1. The molecule has 1 aromatic rings. The van der Waals surface area contributed by atoms with Gasteiger partial charge in [0.25, 0.3) is 0 Å². The zero-order chi connectivity index (χ0) is 18.4. The van der Waals surface area contributed by atoms with E-state index in [0.29, 0.717) is 0 Å². The van der Waals surface area contributed by atoms with Crippen LogP contribution >= 0.6 is 0 Å². The summed E-state index contributed by atoms with van der Waals surface area (Å²) in [7, 11) is 1.70. The Balaban J connectivity index is 1.47. The van der Waals surface area contributed by atoms with Crippen molar-refractivity contribution in [2.75, 3.05) is 53.0 Å². The van der Waals surface area contributed by atoms with Gasteiger partial charge in [0.05, 0.1) is 20.3 Å². The van der Waals surface area contributed by atoms with Crippen molar-refractivity contribution in [3.8, 4) is 5.75 Å². The predicted octanol–water partition coefficient (Wildman–Crippen LogP) is 2.83. The van der Waals surface area contributed by atoms with E-state index in [1.54, 1.807) is 14.0 Å². The number of ketones is 1. The van der Waals surface area contributed by atoms with Crippen LogP contribution in [0.3, 0.4) is 0 Å². The van der Waals surface area contributed by atoms with E-state index >= 15 is 0 Å². The third-order valence-corrected chi connectivity index (χ3v) is 5.75. The molecule has 0 amide bonds. The van der Waals surface area contributed by atoms with Crippen molar-refractivity contribution in [1.82, 2.24) is 9.80 Å². The summed E-state index contributed by atoms with van der Waals surface area (Å²) in [5.74, 6) is 1.82. The van der Waals surface area contributed by atoms with Crippen LogP contribution in [0.1, 0.15) is 42.1 Å². The molecule has 0 spiro atoms. The molecule has 2 aliphatic rings. The first kappa shape index (κ1) is 19.3. The molecule has 3 rings (SSSR count). The third kappa shape index (κ3) is 5.29. The van der Waals surface area contributed by atoms with Gasteiger partial charge < -0.3 is 9.47 Å². The van der Waals surface area contributed by atoms with Crippen LogP contribution in [0.5, 0.6) is 5.75 Å². The summed E-state index contributed by atoms with van der Waals surface area (Å²) in [6, 6.07) is 5.76. The lowest BCUT2D eigenvalue weighted by Gasteiger charge is -2.34. The van der Waals surface area contributed by atoms with Gasteiger partial charge in [-0.1, -0.05) is 0 Å². The molecule has 144 valence electrons. The Morgan fingerprint density at radius 2 is 1.88 bits per heavy atom. The van der Waals surface area contributed by atoms with Crippen LogP contribution in [0.25, 0.3) is 0 Å². The van der Waals surface area contributed by atoms with Crippen LogP contribution in [0, 0.1) is 5.92 Å². The Labute approximate surface area is 157 Å². The van der Waals surface area contributed by atoms with E-state index in [4.69, 9.17) is 9.47 Å². The molecule has 0 unspecified atom stereocenters. The summed E-state index contributed by atoms with van der Waals surface area (Å²) in [5, 5.41) is 0. The molecule has 0 aliphatic carbocycles. The number of nitrogens with zero attached hydrogens (tertiary/aromatic N) is 2. The van der Waals surface area contributed by atoms with E-state index in [-0.39, 0.29) is 5.78 Å². The molecule has 0 radical (unpaired) electrons. The second-order valence-electron chi connectivity index (χ2n) is 7.55. The molecule has 1 aromatic carbocycles. The van der Waals surface area contributed by atoms with E-state index in [1.165, 1.54) is 25.8 Å². The highest BCUT2D eigenvalue weighted by Crippen LogP contribution is 2.26. The van der Waals surface area contributed by atoms with Gasteiger partial charge in [0.1, 0.15) is 5.75 Å². The molecular weight excluding hydrogens is 328 g/mol. The average Bonchev–Trinajstić information content (AvgIpc) is 2.68. The zero-order valence-electron chi connectivity index (χ0n) is 16.2. The number of methoxy groups -OCH3 is 1. The van der Waals surface area contributed by atoms with Gasteiger partial charge in [0.15, 0.2) is 5.78 Å². The van der Waals surface area contributed by atoms with Gasteiger partial charge in [-0.15, -0.1) is 0 Å². The minimum absolute atomic E-state index is 0.107. The number of likely N-dealkylation sites (tertiary alicyclic amines) is 1. The van der Waals surface area contributed by atoms with Crippen LogP contribution in [-0.2, 0) is 11.3 Å². The monoisotopic (exact) mass is 360 g/mol. The molecule has 5 nitrogen and oxygen atoms in total. The Kier molecular flexibility index (Phi) is 7.06. The van der Waals surface area contributed by atoms with Gasteiger partial charge in [-0.25, -0.2) is 0 Å². The van der Waals surface area contributed by atoms with Gasteiger partial charge in [0.2, 0.25) is 0 Å². The lowest BCUT2D eigenvalue weighted by Crippen LogP contribution is -2.39. The van der Waals surface area contributed by atoms with E-state index < -0.39 is 0 Å². The molecule has 2 aliphatic heterocycles. The lowest BCUT2D eigenvalue weighted by atomic mass is 9.93. The number of ether oxygens (including phenoxy) is 2. The maximum Gasteiger partial charge on any atom is 0.159 e. The smallest absolute Gasteiger partial charge is 0.159 e. The number of piperidine rings is 1. The number of benzene rings is 1. The van der Waals surface area contributed by atoms with Gasteiger partial charge >= 0.3 is 0 Å². The number of rotatable bonds is 7. The fraction of sp³-hybridized carbons (Fsp3) is 0.667. The Morgan fingerprint density at radius 1 is 1.15 bits per heavy atom. The van der Waals surface area contributed by atoms with Gasteiger partial charge in [-0.2, -0.15) is 0 Å². The molecular formula is C21H32N2O3. The highest BCUT2D eigenvalue weighted by Gasteiger charge is 2.21. The van der Waals surface area contributed by atoms with Crippen molar-refractivity contribution in [2.24, 2.45) is 5.92 Å². The maximum atomic E-state index is 11.7. The van der Waals surface area contributed by atoms with Crippen LogP contribution in [0.15, 0.2) is 18.2 Å². The SMILES string of the molecule is COc1ccc(C(C)=O)cc1CN1CCC(CCN2CCOCC2)CC1. The second-order valence-corrected chi connectivity index (χ2v) is 7.55. The first-order valence-corrected chi connectivity index (χ1v) is 9.86. The minimum Gasteiger partial charge on any atom is -0.496 e. The molecule has 2 fully saturated rings. The molecule has 2 heterocycles. The average molecular weight is 360 g/mol. The van der Waals surface area contributed by atoms with Crippen molar-refractivity contribution < 1.29 is 14.3 Å². The normalized spacial score (nSPS) is 20.2. The van der Waals surface area contributed by atoms with Gasteiger partial charge in [0, 0.05) is 30.8 Å². The fourth-order valence-electron chi connectivity index (χ4n) is 3.99. The van der Waals surface area contributed by atoms with Crippen LogP contribution < -0.4 is 4.74 Å². The van der Waals surface area contributed by atoms with Crippen molar-refractivity contribution in [3.05, 3.63) is 29.3 Å². The summed E-state index contributed by atoms with van der Waals surface area (Å²) >= 11 is 0. The van der Waals surface area contributed by atoms with Crippen molar-refractivity contribution in [2.45, 2.75) is 32.7 Å². The van der Waals surface area contributed by atoms with Crippen molar-refractivity contribution in [3.63, 3.8) is 0 Å². The summed E-state index contributed by atoms with van der Waals surface area (Å²) in [6.45, 7) is 9.90. The van der Waals surface area contributed by atoms with Crippen molar-refractivity contribution >= 4 is 5.78 Å². The predicted molar refractivity (Wildman–Crippen MR) is 103 cm³/mol. The van der Waals surface area contributed by atoms with E-state index in [1.807, 2.05) is 18.2 Å². The summed E-state index contributed by atoms with van der Waals surface area (Å²) < 4.78 is 10.9. The largest absolute Gasteiger partial charge is 0.496 e. The van der Waals surface area contributed by atoms with E-state index in [2.05, 4.69) is 9.80 Å². The van der Waals surface area contributed by atoms with E-state index in [0.717, 1.165) is 68.7 Å². The molecule has 5 heteroatoms. The molecule has 0 bridgehead atoms. The zero-order valence-corrected chi connectivity index (χ0v) is 16.2. The molecule has 2 saturated heterocycles. The number of hydrogen-bond acceptors (Lipinski definition) is 5.